The number of hydrogen-bond donors (Lipinski definition) is 1. The summed E-state index contributed by atoms with van der Waals surface area (Å²) in [4.78, 5) is 4.19. The Bertz CT molecular complexity index is 390. The highest BCUT2D eigenvalue weighted by atomic mass is 16.5. The lowest BCUT2D eigenvalue weighted by molar-refractivity contribution is -0.0112. The van der Waals surface area contributed by atoms with Crippen LogP contribution in [0.25, 0.3) is 0 Å². The highest BCUT2D eigenvalue weighted by Gasteiger charge is 2.15. The summed E-state index contributed by atoms with van der Waals surface area (Å²) in [6, 6.07) is 1.94. The summed E-state index contributed by atoms with van der Waals surface area (Å²) in [7, 11) is 0. The Hall–Kier alpha value is -1.13. The van der Waals surface area contributed by atoms with Crippen molar-refractivity contribution in [1.82, 2.24) is 10.3 Å². The molecule has 0 spiro atoms. The quantitative estimate of drug-likeness (QED) is 0.833. The lowest BCUT2D eigenvalue weighted by Gasteiger charge is -2.23. The van der Waals surface area contributed by atoms with Crippen molar-refractivity contribution >= 4 is 0 Å². The fraction of sp³-hybridized carbons (Fsp3) is 0.688. The van der Waals surface area contributed by atoms with E-state index in [9.17, 15) is 0 Å². The summed E-state index contributed by atoms with van der Waals surface area (Å²) in [5.74, 6) is 1.57. The molecule has 2 rings (SSSR count). The minimum atomic E-state index is 0.244. The molecular formula is C16H26N2O2. The van der Waals surface area contributed by atoms with Gasteiger partial charge < -0.3 is 14.8 Å². The second-order valence-corrected chi connectivity index (χ2v) is 5.81. The fourth-order valence-electron chi connectivity index (χ4n) is 2.31. The number of hydrogen-bond acceptors (Lipinski definition) is 4. The zero-order chi connectivity index (χ0) is 14.2. The van der Waals surface area contributed by atoms with E-state index in [0.29, 0.717) is 12.5 Å². The summed E-state index contributed by atoms with van der Waals surface area (Å²) >= 11 is 0. The molecule has 4 nitrogen and oxygen atoms in total. The van der Waals surface area contributed by atoms with Crippen LogP contribution in [0, 0.1) is 5.92 Å². The number of nitrogens with zero attached hydrogens (tertiary/aromatic N) is 1. The summed E-state index contributed by atoms with van der Waals surface area (Å²) in [5.41, 5.74) is 1.11. The first-order valence-corrected chi connectivity index (χ1v) is 7.63. The minimum absolute atomic E-state index is 0.244. The van der Waals surface area contributed by atoms with Crippen molar-refractivity contribution in [3.63, 3.8) is 0 Å². The van der Waals surface area contributed by atoms with Gasteiger partial charge in [0.15, 0.2) is 0 Å². The van der Waals surface area contributed by atoms with Gasteiger partial charge in [0, 0.05) is 31.1 Å². The first-order chi connectivity index (χ1) is 9.75. The van der Waals surface area contributed by atoms with Gasteiger partial charge in [-0.2, -0.15) is 0 Å². The van der Waals surface area contributed by atoms with Crippen LogP contribution in [-0.2, 0) is 11.3 Å². The summed E-state index contributed by atoms with van der Waals surface area (Å²) in [5, 5.41) is 3.43. The highest BCUT2D eigenvalue weighted by molar-refractivity contribution is 5.29. The maximum absolute atomic E-state index is 5.93. The molecule has 0 radical (unpaired) electrons. The third-order valence-corrected chi connectivity index (χ3v) is 3.43. The molecule has 0 amide bonds. The van der Waals surface area contributed by atoms with E-state index in [-0.39, 0.29) is 6.10 Å². The van der Waals surface area contributed by atoms with Crippen LogP contribution in [-0.4, -0.2) is 30.8 Å². The number of aromatic nitrogens is 1. The molecule has 0 aliphatic carbocycles. The third-order valence-electron chi connectivity index (χ3n) is 3.43. The van der Waals surface area contributed by atoms with Gasteiger partial charge in [0.1, 0.15) is 12.4 Å². The van der Waals surface area contributed by atoms with Crippen LogP contribution in [0.1, 0.15) is 38.7 Å². The largest absolute Gasteiger partial charge is 0.490 e. The Labute approximate surface area is 121 Å². The number of pyridine rings is 1. The Balaban J connectivity index is 1.83. The molecule has 1 aromatic rings. The molecule has 1 aliphatic heterocycles. The highest BCUT2D eigenvalue weighted by Crippen LogP contribution is 2.19. The standard InChI is InChI=1S/C16H26N2O2/c1-13(2)9-18-11-14-10-17-7-6-16(14)20-12-15-5-3-4-8-19-15/h6-7,10,13,15,18H,3-5,8-9,11-12H2,1-2H3. The predicted molar refractivity (Wildman–Crippen MR) is 79.9 cm³/mol. The zero-order valence-electron chi connectivity index (χ0n) is 12.6. The van der Waals surface area contributed by atoms with E-state index in [2.05, 4.69) is 24.1 Å². The van der Waals surface area contributed by atoms with Gasteiger partial charge >= 0.3 is 0 Å². The summed E-state index contributed by atoms with van der Waals surface area (Å²) in [6.07, 6.45) is 7.43. The van der Waals surface area contributed by atoms with Gasteiger partial charge in [-0.15, -0.1) is 0 Å². The molecule has 2 heterocycles. The number of rotatable bonds is 7. The van der Waals surface area contributed by atoms with E-state index >= 15 is 0 Å². The van der Waals surface area contributed by atoms with Gasteiger partial charge in [-0.1, -0.05) is 13.8 Å². The van der Waals surface area contributed by atoms with Gasteiger partial charge in [0.2, 0.25) is 0 Å². The van der Waals surface area contributed by atoms with E-state index in [1.165, 1.54) is 12.8 Å². The first kappa shape index (κ1) is 15.3. The second kappa shape index (κ2) is 8.22. The molecule has 0 aromatic carbocycles. The Kier molecular flexibility index (Phi) is 6.27. The molecule has 1 unspecified atom stereocenters. The van der Waals surface area contributed by atoms with Crippen LogP contribution in [0.15, 0.2) is 18.5 Å². The van der Waals surface area contributed by atoms with E-state index in [0.717, 1.165) is 37.4 Å². The fourth-order valence-corrected chi connectivity index (χ4v) is 2.31. The molecule has 4 heteroatoms. The van der Waals surface area contributed by atoms with Gasteiger partial charge in [0.25, 0.3) is 0 Å². The Morgan fingerprint density at radius 3 is 3.10 bits per heavy atom. The normalized spacial score (nSPS) is 19.2. The third kappa shape index (κ3) is 5.10. The average Bonchev–Trinajstić information content (AvgIpc) is 2.47. The van der Waals surface area contributed by atoms with Gasteiger partial charge in [-0.3, -0.25) is 4.98 Å². The Morgan fingerprint density at radius 2 is 2.35 bits per heavy atom. The van der Waals surface area contributed by atoms with Crippen LogP contribution in [0.4, 0.5) is 0 Å². The molecule has 0 bridgehead atoms. The molecule has 0 saturated carbocycles. The lowest BCUT2D eigenvalue weighted by atomic mass is 10.1. The van der Waals surface area contributed by atoms with E-state index in [1.54, 1.807) is 6.20 Å². The van der Waals surface area contributed by atoms with Crippen LogP contribution < -0.4 is 10.1 Å². The molecule has 1 aromatic heterocycles. The summed E-state index contributed by atoms with van der Waals surface area (Å²) in [6.45, 7) is 7.71. The molecular weight excluding hydrogens is 252 g/mol. The summed E-state index contributed by atoms with van der Waals surface area (Å²) < 4.78 is 11.6. The zero-order valence-corrected chi connectivity index (χ0v) is 12.6. The smallest absolute Gasteiger partial charge is 0.127 e. The maximum atomic E-state index is 5.93. The van der Waals surface area contributed by atoms with Crippen LogP contribution in [0.3, 0.4) is 0 Å². The van der Waals surface area contributed by atoms with Crippen molar-refractivity contribution in [2.75, 3.05) is 19.8 Å². The van der Waals surface area contributed by atoms with Crippen molar-refractivity contribution < 1.29 is 9.47 Å². The molecule has 1 fully saturated rings. The minimum Gasteiger partial charge on any atom is -0.490 e. The van der Waals surface area contributed by atoms with Crippen LogP contribution in [0.5, 0.6) is 5.75 Å². The Morgan fingerprint density at radius 1 is 1.45 bits per heavy atom. The van der Waals surface area contributed by atoms with Crippen LogP contribution >= 0.6 is 0 Å². The van der Waals surface area contributed by atoms with Crippen molar-refractivity contribution in [2.45, 2.75) is 45.8 Å². The molecule has 1 aliphatic rings. The first-order valence-electron chi connectivity index (χ1n) is 7.63. The molecule has 20 heavy (non-hydrogen) atoms. The number of ether oxygens (including phenoxy) is 2. The average molecular weight is 278 g/mol. The van der Waals surface area contributed by atoms with E-state index in [1.807, 2.05) is 12.3 Å². The van der Waals surface area contributed by atoms with Gasteiger partial charge in [-0.05, 0) is 37.8 Å². The van der Waals surface area contributed by atoms with Crippen molar-refractivity contribution in [3.8, 4) is 5.75 Å². The van der Waals surface area contributed by atoms with Crippen molar-refractivity contribution in [2.24, 2.45) is 5.92 Å². The monoisotopic (exact) mass is 278 g/mol. The van der Waals surface area contributed by atoms with Gasteiger partial charge in [0.05, 0.1) is 6.10 Å². The molecule has 1 saturated heterocycles. The molecule has 1 N–H and O–H groups in total. The topological polar surface area (TPSA) is 43.4 Å². The van der Waals surface area contributed by atoms with Gasteiger partial charge in [-0.25, -0.2) is 0 Å². The van der Waals surface area contributed by atoms with Crippen molar-refractivity contribution in [1.29, 1.82) is 0 Å². The van der Waals surface area contributed by atoms with E-state index < -0.39 is 0 Å². The molecule has 112 valence electrons. The SMILES string of the molecule is CC(C)CNCc1cnccc1OCC1CCCCO1. The van der Waals surface area contributed by atoms with Crippen molar-refractivity contribution in [3.05, 3.63) is 24.0 Å². The molecule has 1 atom stereocenters. The maximum Gasteiger partial charge on any atom is 0.127 e. The predicted octanol–water partition coefficient (Wildman–Crippen LogP) is 2.78. The number of nitrogens with one attached hydrogen (secondary N) is 1. The lowest BCUT2D eigenvalue weighted by Crippen LogP contribution is -2.26. The van der Waals surface area contributed by atoms with E-state index in [4.69, 9.17) is 9.47 Å². The second-order valence-electron chi connectivity index (χ2n) is 5.81. The van der Waals surface area contributed by atoms with Crippen LogP contribution in [0.2, 0.25) is 0 Å².